The van der Waals surface area contributed by atoms with Crippen molar-refractivity contribution in [2.75, 3.05) is 5.32 Å². The first-order valence-electron chi connectivity index (χ1n) is 11.0. The molecular formula is C30H22N2. The Morgan fingerprint density at radius 2 is 1.56 bits per heavy atom. The highest BCUT2D eigenvalue weighted by molar-refractivity contribution is 6.10. The summed E-state index contributed by atoms with van der Waals surface area (Å²) >= 11 is 0. The van der Waals surface area contributed by atoms with Gasteiger partial charge in [-0.15, -0.1) is 0 Å². The zero-order valence-electron chi connectivity index (χ0n) is 17.7. The van der Waals surface area contributed by atoms with E-state index in [1.807, 2.05) is 0 Å². The maximum absolute atomic E-state index is 3.68. The lowest BCUT2D eigenvalue weighted by Crippen LogP contribution is -1.99. The van der Waals surface area contributed by atoms with Crippen molar-refractivity contribution in [3.05, 3.63) is 108 Å². The predicted octanol–water partition coefficient (Wildman–Crippen LogP) is 7.49. The maximum atomic E-state index is 3.68. The molecule has 1 aromatic heterocycles. The minimum Gasteiger partial charge on any atom is -0.355 e. The summed E-state index contributed by atoms with van der Waals surface area (Å²) in [5, 5.41) is 6.18. The average Bonchev–Trinajstić information content (AvgIpc) is 3.14. The SMILES string of the molecule is C1#CCc2c(cccc2Nc2ccc3c(c2)c2ccccc2n3-c2ccccc2)/C=C\C1. The number of nitrogens with zero attached hydrogens (tertiary/aromatic N) is 1. The third-order valence-electron chi connectivity index (χ3n) is 6.09. The summed E-state index contributed by atoms with van der Waals surface area (Å²) < 4.78 is 2.34. The smallest absolute Gasteiger partial charge is 0.0542 e. The van der Waals surface area contributed by atoms with Gasteiger partial charge in [0.2, 0.25) is 0 Å². The molecule has 2 heteroatoms. The first-order chi connectivity index (χ1) is 15.9. The number of hydrogen-bond donors (Lipinski definition) is 1. The number of anilines is 2. The molecule has 0 radical (unpaired) electrons. The van der Waals surface area contributed by atoms with E-state index < -0.39 is 0 Å². The van der Waals surface area contributed by atoms with Gasteiger partial charge in [0.1, 0.15) is 0 Å². The van der Waals surface area contributed by atoms with E-state index in [1.165, 1.54) is 38.6 Å². The van der Waals surface area contributed by atoms with Crippen LogP contribution in [0.15, 0.2) is 97.1 Å². The third kappa shape index (κ3) is 3.16. The van der Waals surface area contributed by atoms with Gasteiger partial charge in [-0.1, -0.05) is 72.5 Å². The largest absolute Gasteiger partial charge is 0.355 e. The van der Waals surface area contributed by atoms with Crippen LogP contribution >= 0.6 is 0 Å². The molecule has 0 atom stereocenters. The molecule has 0 amide bonds. The molecule has 0 aliphatic heterocycles. The van der Waals surface area contributed by atoms with Gasteiger partial charge < -0.3 is 9.88 Å². The fourth-order valence-corrected chi connectivity index (χ4v) is 4.60. The zero-order valence-corrected chi connectivity index (χ0v) is 17.7. The molecule has 0 bridgehead atoms. The van der Waals surface area contributed by atoms with E-state index >= 15 is 0 Å². The highest BCUT2D eigenvalue weighted by atomic mass is 15.0. The van der Waals surface area contributed by atoms with Crippen LogP contribution < -0.4 is 5.32 Å². The van der Waals surface area contributed by atoms with Gasteiger partial charge in [-0.25, -0.2) is 0 Å². The quantitative estimate of drug-likeness (QED) is 0.305. The van der Waals surface area contributed by atoms with E-state index in [1.54, 1.807) is 0 Å². The Balaban J connectivity index is 1.49. The van der Waals surface area contributed by atoms with Gasteiger partial charge >= 0.3 is 0 Å². The van der Waals surface area contributed by atoms with Crippen LogP contribution in [-0.4, -0.2) is 4.57 Å². The number of allylic oxidation sites excluding steroid dienone is 1. The van der Waals surface area contributed by atoms with Crippen LogP contribution in [0.1, 0.15) is 17.5 Å². The van der Waals surface area contributed by atoms with Gasteiger partial charge in [-0.3, -0.25) is 0 Å². The molecule has 1 aliphatic carbocycles. The number of para-hydroxylation sites is 2. The second-order valence-corrected chi connectivity index (χ2v) is 8.06. The average molecular weight is 411 g/mol. The molecule has 0 unspecified atom stereocenters. The summed E-state index contributed by atoms with van der Waals surface area (Å²) in [6.45, 7) is 0. The Hall–Kier alpha value is -4.22. The minimum absolute atomic E-state index is 0.762. The van der Waals surface area contributed by atoms with Crippen molar-refractivity contribution >= 4 is 39.3 Å². The fraction of sp³-hybridized carbons (Fsp3) is 0.0667. The molecule has 6 rings (SSSR count). The molecule has 152 valence electrons. The molecule has 1 heterocycles. The fourth-order valence-electron chi connectivity index (χ4n) is 4.60. The molecule has 2 nitrogen and oxygen atoms in total. The van der Waals surface area contributed by atoms with Crippen molar-refractivity contribution in [1.29, 1.82) is 0 Å². The topological polar surface area (TPSA) is 17.0 Å². The lowest BCUT2D eigenvalue weighted by Gasteiger charge is -2.14. The lowest BCUT2D eigenvalue weighted by atomic mass is 10.00. The van der Waals surface area contributed by atoms with Crippen molar-refractivity contribution < 1.29 is 0 Å². The van der Waals surface area contributed by atoms with Gasteiger partial charge in [0.15, 0.2) is 0 Å². The second kappa shape index (κ2) is 7.80. The number of fused-ring (bicyclic) bond motifs is 4. The van der Waals surface area contributed by atoms with Crippen LogP contribution in [0.25, 0.3) is 33.6 Å². The summed E-state index contributed by atoms with van der Waals surface area (Å²) in [6.07, 6.45) is 5.90. The summed E-state index contributed by atoms with van der Waals surface area (Å²) in [6, 6.07) is 32.3. The molecule has 5 aromatic rings. The normalized spacial score (nSPS) is 13.6. The van der Waals surface area contributed by atoms with Gasteiger partial charge in [-0.2, -0.15) is 0 Å². The van der Waals surface area contributed by atoms with Crippen molar-refractivity contribution in [1.82, 2.24) is 4.57 Å². The van der Waals surface area contributed by atoms with Gasteiger partial charge in [-0.05, 0) is 53.6 Å². The van der Waals surface area contributed by atoms with E-state index in [0.29, 0.717) is 0 Å². The Bertz CT molecular complexity index is 1540. The summed E-state index contributed by atoms with van der Waals surface area (Å²) in [5.74, 6) is 6.51. The number of hydrogen-bond acceptors (Lipinski definition) is 1. The van der Waals surface area contributed by atoms with Crippen LogP contribution in [0.5, 0.6) is 0 Å². The summed E-state index contributed by atoms with van der Waals surface area (Å²) in [7, 11) is 0. The van der Waals surface area contributed by atoms with Crippen molar-refractivity contribution in [2.24, 2.45) is 0 Å². The summed E-state index contributed by atoms with van der Waals surface area (Å²) in [4.78, 5) is 0. The van der Waals surface area contributed by atoms with Gasteiger partial charge in [0, 0.05) is 40.7 Å². The zero-order chi connectivity index (χ0) is 21.3. The van der Waals surface area contributed by atoms with Gasteiger partial charge in [0.25, 0.3) is 0 Å². The molecule has 0 saturated heterocycles. The monoisotopic (exact) mass is 410 g/mol. The molecule has 1 aliphatic rings. The lowest BCUT2D eigenvalue weighted by molar-refractivity contribution is 1.18. The van der Waals surface area contributed by atoms with Crippen molar-refractivity contribution in [3.63, 3.8) is 0 Å². The number of nitrogens with one attached hydrogen (secondary N) is 1. The van der Waals surface area contributed by atoms with E-state index in [2.05, 4.69) is 125 Å². The molecule has 0 saturated carbocycles. The Kier molecular flexibility index (Phi) is 4.52. The van der Waals surface area contributed by atoms with E-state index in [4.69, 9.17) is 0 Å². The first-order valence-corrected chi connectivity index (χ1v) is 11.0. The second-order valence-electron chi connectivity index (χ2n) is 8.06. The molecular weight excluding hydrogens is 388 g/mol. The van der Waals surface area contributed by atoms with Crippen LogP contribution in [0, 0.1) is 11.8 Å². The van der Waals surface area contributed by atoms with Gasteiger partial charge in [0.05, 0.1) is 11.0 Å². The molecule has 0 spiro atoms. The predicted molar refractivity (Wildman–Crippen MR) is 136 cm³/mol. The molecule has 1 N–H and O–H groups in total. The minimum atomic E-state index is 0.762. The van der Waals surface area contributed by atoms with Crippen LogP contribution in [0.4, 0.5) is 11.4 Å². The summed E-state index contributed by atoms with van der Waals surface area (Å²) in [5.41, 5.74) is 8.30. The Labute approximate surface area is 187 Å². The van der Waals surface area contributed by atoms with Crippen molar-refractivity contribution in [3.8, 4) is 17.5 Å². The third-order valence-corrected chi connectivity index (χ3v) is 6.09. The highest BCUT2D eigenvalue weighted by Crippen LogP contribution is 2.35. The molecule has 0 fully saturated rings. The number of benzene rings is 4. The Morgan fingerprint density at radius 3 is 2.50 bits per heavy atom. The standard InChI is InChI=1S/C30H22N2/c1-2-7-15-25-22(11-4-1)12-10-17-28(25)31-23-19-20-30-27(21-23)26-16-8-9-18-29(26)32(30)24-13-5-3-6-14-24/h3-6,8-14,16-21,31H,1,15H2/b11-4-. The van der Waals surface area contributed by atoms with Crippen LogP contribution in [0.2, 0.25) is 0 Å². The highest BCUT2D eigenvalue weighted by Gasteiger charge is 2.13. The van der Waals surface area contributed by atoms with Crippen molar-refractivity contribution in [2.45, 2.75) is 12.8 Å². The van der Waals surface area contributed by atoms with E-state index in [-0.39, 0.29) is 0 Å². The van der Waals surface area contributed by atoms with Crippen LogP contribution in [0.3, 0.4) is 0 Å². The number of rotatable bonds is 3. The maximum Gasteiger partial charge on any atom is 0.0542 e. The first kappa shape index (κ1) is 18.5. The van der Waals surface area contributed by atoms with Crippen LogP contribution in [-0.2, 0) is 6.42 Å². The molecule has 32 heavy (non-hydrogen) atoms. The Morgan fingerprint density at radius 1 is 0.719 bits per heavy atom. The van der Waals surface area contributed by atoms with E-state index in [0.717, 1.165) is 24.2 Å². The number of aromatic nitrogens is 1. The molecule has 4 aromatic carbocycles. The van der Waals surface area contributed by atoms with E-state index in [9.17, 15) is 0 Å².